The van der Waals surface area contributed by atoms with Crippen molar-refractivity contribution in [2.75, 3.05) is 6.61 Å². The van der Waals surface area contributed by atoms with E-state index in [4.69, 9.17) is 4.74 Å². The third-order valence-corrected chi connectivity index (χ3v) is 5.43. The number of ether oxygens (including phenoxy) is 1. The molecule has 1 unspecified atom stereocenters. The largest absolute Gasteiger partial charge is 0.374 e. The molecule has 0 rings (SSSR count). The molecule has 26 heavy (non-hydrogen) atoms. The molecule has 0 aromatic rings. The van der Waals surface area contributed by atoms with Crippen LogP contribution < -0.4 is 0 Å². The lowest BCUT2D eigenvalue weighted by atomic mass is 10.1. The van der Waals surface area contributed by atoms with Crippen LogP contribution in [0.3, 0.4) is 0 Å². The van der Waals surface area contributed by atoms with Gasteiger partial charge in [-0.1, -0.05) is 129 Å². The van der Waals surface area contributed by atoms with E-state index >= 15 is 0 Å². The summed E-state index contributed by atoms with van der Waals surface area (Å²) in [6.07, 6.45) is 28.4. The fourth-order valence-corrected chi connectivity index (χ4v) is 3.57. The van der Waals surface area contributed by atoms with Gasteiger partial charge >= 0.3 is 0 Å². The highest BCUT2D eigenvalue weighted by atomic mass is 16.5. The quantitative estimate of drug-likeness (QED) is 0.137. The minimum atomic E-state index is 0.286. The molecule has 0 aliphatic carbocycles. The van der Waals surface area contributed by atoms with Crippen LogP contribution in [0, 0.1) is 0 Å². The molecule has 0 heterocycles. The summed E-state index contributed by atoms with van der Waals surface area (Å²) in [5.41, 5.74) is 0. The standard InChI is InChI=1S/C25H50O/c1-4-7-9-11-13-14-15-16-18-20-22-24-26-25(6-3)23-21-19-17-12-10-8-5-2/h6,25H,3-5,7-24H2,1-2H3. The Morgan fingerprint density at radius 2 is 0.962 bits per heavy atom. The molecule has 0 saturated carbocycles. The molecule has 0 radical (unpaired) electrons. The van der Waals surface area contributed by atoms with Crippen molar-refractivity contribution >= 4 is 0 Å². The molecule has 0 aromatic heterocycles. The summed E-state index contributed by atoms with van der Waals surface area (Å²) in [6, 6.07) is 0. The first-order chi connectivity index (χ1) is 12.8. The van der Waals surface area contributed by atoms with Crippen molar-refractivity contribution in [1.29, 1.82) is 0 Å². The van der Waals surface area contributed by atoms with Gasteiger partial charge in [-0.25, -0.2) is 0 Å². The van der Waals surface area contributed by atoms with Crippen molar-refractivity contribution in [2.24, 2.45) is 0 Å². The molecule has 0 aliphatic heterocycles. The van der Waals surface area contributed by atoms with Gasteiger partial charge in [0.1, 0.15) is 0 Å². The van der Waals surface area contributed by atoms with Gasteiger partial charge in [-0.2, -0.15) is 0 Å². The number of hydrogen-bond acceptors (Lipinski definition) is 1. The van der Waals surface area contributed by atoms with Gasteiger partial charge in [-0.3, -0.25) is 0 Å². The molecular weight excluding hydrogens is 316 g/mol. The van der Waals surface area contributed by atoms with E-state index in [0.29, 0.717) is 0 Å². The average molecular weight is 367 g/mol. The predicted molar refractivity (Wildman–Crippen MR) is 119 cm³/mol. The van der Waals surface area contributed by atoms with Crippen LogP contribution in [0.4, 0.5) is 0 Å². The van der Waals surface area contributed by atoms with Crippen molar-refractivity contribution in [2.45, 2.75) is 142 Å². The second-order valence-corrected chi connectivity index (χ2v) is 8.09. The van der Waals surface area contributed by atoms with Crippen molar-refractivity contribution in [3.63, 3.8) is 0 Å². The summed E-state index contributed by atoms with van der Waals surface area (Å²) in [4.78, 5) is 0. The summed E-state index contributed by atoms with van der Waals surface area (Å²) >= 11 is 0. The van der Waals surface area contributed by atoms with Gasteiger partial charge in [-0.05, 0) is 12.8 Å². The first-order valence-electron chi connectivity index (χ1n) is 12.1. The van der Waals surface area contributed by atoms with E-state index in [1.54, 1.807) is 0 Å². The lowest BCUT2D eigenvalue weighted by Crippen LogP contribution is -2.10. The van der Waals surface area contributed by atoms with E-state index in [2.05, 4.69) is 20.4 Å². The molecule has 0 amide bonds. The Bertz CT molecular complexity index is 261. The summed E-state index contributed by atoms with van der Waals surface area (Å²) in [5.74, 6) is 0. The van der Waals surface area contributed by atoms with Crippen LogP contribution in [0.5, 0.6) is 0 Å². The topological polar surface area (TPSA) is 9.23 Å². The third-order valence-electron chi connectivity index (χ3n) is 5.43. The minimum absolute atomic E-state index is 0.286. The summed E-state index contributed by atoms with van der Waals surface area (Å²) < 4.78 is 6.00. The number of rotatable bonds is 22. The highest BCUT2D eigenvalue weighted by Gasteiger charge is 2.04. The fraction of sp³-hybridized carbons (Fsp3) is 0.920. The van der Waals surface area contributed by atoms with Crippen LogP contribution >= 0.6 is 0 Å². The highest BCUT2D eigenvalue weighted by Crippen LogP contribution is 2.14. The molecule has 0 spiro atoms. The molecule has 0 saturated heterocycles. The van der Waals surface area contributed by atoms with Crippen LogP contribution in [0.15, 0.2) is 12.7 Å². The molecular formula is C25H50O. The van der Waals surface area contributed by atoms with E-state index < -0.39 is 0 Å². The maximum Gasteiger partial charge on any atom is 0.0753 e. The second kappa shape index (κ2) is 22.7. The Hall–Kier alpha value is -0.300. The smallest absolute Gasteiger partial charge is 0.0753 e. The van der Waals surface area contributed by atoms with Crippen LogP contribution in [0.2, 0.25) is 0 Å². The van der Waals surface area contributed by atoms with Gasteiger partial charge in [0, 0.05) is 6.61 Å². The van der Waals surface area contributed by atoms with Gasteiger partial charge in [0.05, 0.1) is 6.10 Å². The van der Waals surface area contributed by atoms with Crippen LogP contribution in [-0.4, -0.2) is 12.7 Å². The lowest BCUT2D eigenvalue weighted by molar-refractivity contribution is 0.0746. The van der Waals surface area contributed by atoms with E-state index in [1.165, 1.54) is 116 Å². The number of hydrogen-bond donors (Lipinski definition) is 0. The van der Waals surface area contributed by atoms with Crippen molar-refractivity contribution in [3.05, 3.63) is 12.7 Å². The normalized spacial score (nSPS) is 12.4. The van der Waals surface area contributed by atoms with Crippen molar-refractivity contribution < 1.29 is 4.74 Å². The zero-order chi connectivity index (χ0) is 19.1. The summed E-state index contributed by atoms with van der Waals surface area (Å²) in [6.45, 7) is 9.44. The Morgan fingerprint density at radius 1 is 0.577 bits per heavy atom. The van der Waals surface area contributed by atoms with Crippen LogP contribution in [0.1, 0.15) is 136 Å². The lowest BCUT2D eigenvalue weighted by Gasteiger charge is -2.14. The average Bonchev–Trinajstić information content (AvgIpc) is 2.66. The molecule has 156 valence electrons. The minimum Gasteiger partial charge on any atom is -0.374 e. The van der Waals surface area contributed by atoms with Gasteiger partial charge < -0.3 is 4.74 Å². The summed E-state index contributed by atoms with van der Waals surface area (Å²) in [7, 11) is 0. The van der Waals surface area contributed by atoms with E-state index in [1.807, 2.05) is 6.08 Å². The highest BCUT2D eigenvalue weighted by molar-refractivity contribution is 4.79. The molecule has 1 heteroatoms. The first kappa shape index (κ1) is 25.7. The molecule has 0 aliphatic rings. The van der Waals surface area contributed by atoms with E-state index in [0.717, 1.165) is 13.0 Å². The van der Waals surface area contributed by atoms with E-state index in [-0.39, 0.29) is 6.10 Å². The molecule has 1 nitrogen and oxygen atoms in total. The van der Waals surface area contributed by atoms with Gasteiger partial charge in [0.25, 0.3) is 0 Å². The monoisotopic (exact) mass is 366 g/mol. The van der Waals surface area contributed by atoms with Crippen molar-refractivity contribution in [1.82, 2.24) is 0 Å². The molecule has 0 aromatic carbocycles. The predicted octanol–water partition coefficient (Wildman–Crippen LogP) is 9.01. The zero-order valence-electron chi connectivity index (χ0n) is 18.4. The maximum absolute atomic E-state index is 6.00. The third kappa shape index (κ3) is 20.0. The van der Waals surface area contributed by atoms with Gasteiger partial charge in [-0.15, -0.1) is 6.58 Å². The SMILES string of the molecule is C=CC(CCCCCCCCC)OCCCCCCCCCCCCC. The van der Waals surface area contributed by atoms with Crippen molar-refractivity contribution in [3.8, 4) is 0 Å². The van der Waals surface area contributed by atoms with E-state index in [9.17, 15) is 0 Å². The second-order valence-electron chi connectivity index (χ2n) is 8.09. The molecule has 1 atom stereocenters. The molecule has 0 N–H and O–H groups in total. The summed E-state index contributed by atoms with van der Waals surface area (Å²) in [5, 5.41) is 0. The molecule has 0 fully saturated rings. The number of unbranched alkanes of at least 4 members (excludes halogenated alkanes) is 16. The zero-order valence-corrected chi connectivity index (χ0v) is 18.4. The fourth-order valence-electron chi connectivity index (χ4n) is 3.57. The maximum atomic E-state index is 6.00. The van der Waals surface area contributed by atoms with Crippen LogP contribution in [0.25, 0.3) is 0 Å². The Kier molecular flexibility index (Phi) is 22.5. The van der Waals surface area contributed by atoms with Gasteiger partial charge in [0.2, 0.25) is 0 Å². The first-order valence-corrected chi connectivity index (χ1v) is 12.1. The van der Waals surface area contributed by atoms with Crippen LogP contribution in [-0.2, 0) is 4.74 Å². The molecule has 0 bridgehead atoms. The Balaban J connectivity index is 3.27. The van der Waals surface area contributed by atoms with Gasteiger partial charge in [0.15, 0.2) is 0 Å². The Morgan fingerprint density at radius 3 is 1.38 bits per heavy atom. The Labute approximate surface area is 166 Å².